The Labute approximate surface area is 221 Å². The number of carbonyl (C=O) groups is 4. The van der Waals surface area contributed by atoms with Gasteiger partial charge < -0.3 is 37.0 Å². The highest BCUT2D eigenvalue weighted by Gasteiger charge is 2.29. The van der Waals surface area contributed by atoms with Crippen molar-refractivity contribution < 1.29 is 34.5 Å². The zero-order valence-corrected chi connectivity index (χ0v) is 21.7. The van der Waals surface area contributed by atoms with Gasteiger partial charge in [-0.2, -0.15) is 0 Å². The number of rotatable bonds is 13. The van der Waals surface area contributed by atoms with Crippen molar-refractivity contribution in [3.05, 3.63) is 59.7 Å². The van der Waals surface area contributed by atoms with Crippen LogP contribution in [0.1, 0.15) is 38.3 Å². The fraction of sp³-hybridized carbons (Fsp3) is 0.407. The Kier molecular flexibility index (Phi) is 11.1. The maximum atomic E-state index is 13.1. The van der Waals surface area contributed by atoms with Gasteiger partial charge in [-0.25, -0.2) is 4.79 Å². The van der Waals surface area contributed by atoms with Gasteiger partial charge in [-0.15, -0.1) is 0 Å². The molecule has 0 saturated heterocycles. The largest absolute Gasteiger partial charge is 0.508 e. The highest BCUT2D eigenvalue weighted by molar-refractivity contribution is 5.94. The first-order valence-corrected chi connectivity index (χ1v) is 12.3. The summed E-state index contributed by atoms with van der Waals surface area (Å²) in [5.41, 5.74) is 7.41. The summed E-state index contributed by atoms with van der Waals surface area (Å²) in [7, 11) is 0. The van der Waals surface area contributed by atoms with Gasteiger partial charge in [0.2, 0.25) is 17.7 Å². The Hall–Kier alpha value is -4.12. The van der Waals surface area contributed by atoms with Crippen molar-refractivity contribution >= 4 is 23.7 Å². The Bertz CT molecular complexity index is 1100. The first-order chi connectivity index (χ1) is 17.8. The van der Waals surface area contributed by atoms with Crippen LogP contribution in [0.15, 0.2) is 48.5 Å². The van der Waals surface area contributed by atoms with Gasteiger partial charge in [0, 0.05) is 6.42 Å². The predicted molar refractivity (Wildman–Crippen MR) is 140 cm³/mol. The average Bonchev–Trinajstić information content (AvgIpc) is 2.85. The molecule has 0 fully saturated rings. The molecule has 2 aromatic carbocycles. The molecule has 0 bridgehead atoms. The third-order valence-corrected chi connectivity index (χ3v) is 5.81. The van der Waals surface area contributed by atoms with Crippen molar-refractivity contribution in [2.45, 2.75) is 64.2 Å². The molecular formula is C27H36N4O7. The van der Waals surface area contributed by atoms with Gasteiger partial charge in [0.15, 0.2) is 0 Å². The molecule has 0 heterocycles. The van der Waals surface area contributed by atoms with E-state index in [2.05, 4.69) is 16.0 Å². The molecule has 2 rings (SSSR count). The van der Waals surface area contributed by atoms with Crippen LogP contribution in [0.4, 0.5) is 0 Å². The second-order valence-electron chi connectivity index (χ2n) is 9.67. The van der Waals surface area contributed by atoms with Gasteiger partial charge in [-0.05, 0) is 61.1 Å². The van der Waals surface area contributed by atoms with Gasteiger partial charge in [-0.3, -0.25) is 14.4 Å². The molecule has 38 heavy (non-hydrogen) atoms. The zero-order valence-electron chi connectivity index (χ0n) is 21.7. The Morgan fingerprint density at radius 2 is 1.18 bits per heavy atom. The fourth-order valence-corrected chi connectivity index (χ4v) is 3.70. The summed E-state index contributed by atoms with van der Waals surface area (Å²) in [6.45, 7) is 5.07. The Balaban J connectivity index is 2.12. The molecule has 0 aliphatic rings. The summed E-state index contributed by atoms with van der Waals surface area (Å²) in [6, 6.07) is 8.00. The molecule has 0 spiro atoms. The molecule has 4 atom stereocenters. The second-order valence-corrected chi connectivity index (χ2v) is 9.67. The minimum absolute atomic E-state index is 0.0250. The summed E-state index contributed by atoms with van der Waals surface area (Å²) in [4.78, 5) is 50.1. The average molecular weight is 529 g/mol. The molecule has 2 aromatic rings. The predicted octanol–water partition coefficient (Wildman–Crippen LogP) is 0.815. The van der Waals surface area contributed by atoms with E-state index in [0.29, 0.717) is 11.1 Å². The number of nitrogens with two attached hydrogens (primary N) is 1. The summed E-state index contributed by atoms with van der Waals surface area (Å²) in [5.74, 6) is -2.98. The lowest BCUT2D eigenvalue weighted by molar-refractivity contribution is -0.142. The third-order valence-electron chi connectivity index (χ3n) is 5.81. The van der Waals surface area contributed by atoms with Crippen LogP contribution in [0.2, 0.25) is 0 Å². The standard InChI is InChI=1S/C27H36N4O7/c1-15(2)12-23(27(37)38)31-24(34)16(3)29-26(36)22(14-18-6-10-20(33)11-7-18)30-25(35)21(28)13-17-4-8-19(32)9-5-17/h4-11,15-16,21-23,32-33H,12-14,28H2,1-3H3,(H,29,36)(H,30,35)(H,31,34)(H,37,38). The number of carboxylic acid groups (broad SMARTS) is 1. The number of hydrogen-bond acceptors (Lipinski definition) is 7. The molecule has 0 aromatic heterocycles. The smallest absolute Gasteiger partial charge is 0.326 e. The van der Waals surface area contributed by atoms with E-state index in [1.54, 1.807) is 24.3 Å². The summed E-state index contributed by atoms with van der Waals surface area (Å²) < 4.78 is 0. The third kappa shape index (κ3) is 9.74. The van der Waals surface area contributed by atoms with E-state index >= 15 is 0 Å². The highest BCUT2D eigenvalue weighted by Crippen LogP contribution is 2.13. The van der Waals surface area contributed by atoms with Gasteiger partial charge in [-0.1, -0.05) is 38.1 Å². The topological polar surface area (TPSA) is 191 Å². The fourth-order valence-electron chi connectivity index (χ4n) is 3.70. The van der Waals surface area contributed by atoms with Crippen LogP contribution in [0.3, 0.4) is 0 Å². The lowest BCUT2D eigenvalue weighted by atomic mass is 10.0. The maximum absolute atomic E-state index is 13.1. The molecule has 11 heteroatoms. The number of aliphatic carboxylic acids is 1. The van der Waals surface area contributed by atoms with E-state index < -0.39 is 47.9 Å². The SMILES string of the molecule is CC(C)CC(NC(=O)C(C)NC(=O)C(Cc1ccc(O)cc1)NC(=O)C(N)Cc1ccc(O)cc1)C(=O)O. The molecular weight excluding hydrogens is 492 g/mol. The Morgan fingerprint density at radius 3 is 1.66 bits per heavy atom. The minimum atomic E-state index is -1.18. The molecule has 8 N–H and O–H groups in total. The van der Waals surface area contributed by atoms with Gasteiger partial charge in [0.25, 0.3) is 0 Å². The van der Waals surface area contributed by atoms with Crippen molar-refractivity contribution in [1.29, 1.82) is 0 Å². The van der Waals surface area contributed by atoms with E-state index in [9.17, 15) is 34.5 Å². The minimum Gasteiger partial charge on any atom is -0.508 e. The van der Waals surface area contributed by atoms with Crippen LogP contribution in [0.25, 0.3) is 0 Å². The van der Waals surface area contributed by atoms with Crippen LogP contribution in [0, 0.1) is 5.92 Å². The molecule has 11 nitrogen and oxygen atoms in total. The Morgan fingerprint density at radius 1 is 0.711 bits per heavy atom. The van der Waals surface area contributed by atoms with Crippen molar-refractivity contribution in [3.8, 4) is 11.5 Å². The van der Waals surface area contributed by atoms with Crippen LogP contribution in [-0.2, 0) is 32.0 Å². The summed E-state index contributed by atoms with van der Waals surface area (Å²) in [6.07, 6.45) is 0.425. The van der Waals surface area contributed by atoms with E-state index in [0.717, 1.165) is 0 Å². The molecule has 206 valence electrons. The molecule has 4 unspecified atom stereocenters. The first kappa shape index (κ1) is 30.1. The van der Waals surface area contributed by atoms with Crippen molar-refractivity contribution in [2.75, 3.05) is 0 Å². The van der Waals surface area contributed by atoms with E-state index in [1.165, 1.54) is 31.2 Å². The number of phenols is 2. The zero-order chi connectivity index (χ0) is 28.4. The molecule has 0 saturated carbocycles. The lowest BCUT2D eigenvalue weighted by Gasteiger charge is -2.24. The van der Waals surface area contributed by atoms with Crippen molar-refractivity contribution in [3.63, 3.8) is 0 Å². The van der Waals surface area contributed by atoms with Gasteiger partial charge in [0.1, 0.15) is 29.6 Å². The van der Waals surface area contributed by atoms with Crippen molar-refractivity contribution in [2.24, 2.45) is 11.7 Å². The first-order valence-electron chi connectivity index (χ1n) is 12.3. The summed E-state index contributed by atoms with van der Waals surface area (Å²) >= 11 is 0. The van der Waals surface area contributed by atoms with Crippen LogP contribution in [-0.4, -0.2) is 63.2 Å². The second kappa shape index (κ2) is 14.0. The summed E-state index contributed by atoms with van der Waals surface area (Å²) in [5, 5.41) is 36.0. The van der Waals surface area contributed by atoms with Gasteiger partial charge in [0.05, 0.1) is 6.04 Å². The van der Waals surface area contributed by atoms with E-state index in [1.807, 2.05) is 13.8 Å². The number of phenolic OH excluding ortho intramolecular Hbond substituents is 2. The number of nitrogens with one attached hydrogen (secondary N) is 3. The number of carbonyl (C=O) groups excluding carboxylic acids is 3. The quantitative estimate of drug-likeness (QED) is 0.199. The molecule has 0 radical (unpaired) electrons. The molecule has 0 aliphatic carbocycles. The maximum Gasteiger partial charge on any atom is 0.326 e. The normalized spacial score (nSPS) is 14.1. The van der Waals surface area contributed by atoms with E-state index in [-0.39, 0.29) is 36.7 Å². The number of benzene rings is 2. The number of carboxylic acids is 1. The van der Waals surface area contributed by atoms with Crippen LogP contribution < -0.4 is 21.7 Å². The van der Waals surface area contributed by atoms with Gasteiger partial charge >= 0.3 is 5.97 Å². The molecule has 3 amide bonds. The molecule has 0 aliphatic heterocycles. The van der Waals surface area contributed by atoms with Crippen LogP contribution in [0.5, 0.6) is 11.5 Å². The van der Waals surface area contributed by atoms with Crippen molar-refractivity contribution in [1.82, 2.24) is 16.0 Å². The lowest BCUT2D eigenvalue weighted by Crippen LogP contribution is -2.57. The monoisotopic (exact) mass is 528 g/mol. The highest BCUT2D eigenvalue weighted by atomic mass is 16.4. The van der Waals surface area contributed by atoms with E-state index in [4.69, 9.17) is 5.73 Å². The van der Waals surface area contributed by atoms with Crippen LogP contribution >= 0.6 is 0 Å². The number of hydrogen-bond donors (Lipinski definition) is 7. The number of aromatic hydroxyl groups is 2. The number of amides is 3.